The van der Waals surface area contributed by atoms with Crippen LogP contribution in [0.5, 0.6) is 0 Å². The Balaban J connectivity index is 1.85. The molecule has 0 fully saturated rings. The van der Waals surface area contributed by atoms with Gasteiger partial charge in [-0.2, -0.15) is 0 Å². The van der Waals surface area contributed by atoms with Crippen molar-refractivity contribution in [3.8, 4) is 22.3 Å². The highest BCUT2D eigenvalue weighted by molar-refractivity contribution is 6.10. The first-order chi connectivity index (χ1) is 21.9. The molecule has 1 aliphatic carbocycles. The summed E-state index contributed by atoms with van der Waals surface area (Å²) in [6.07, 6.45) is 1.22. The molecule has 5 aromatic carbocycles. The maximum Gasteiger partial charge on any atom is 0.339 e. The molecular weight excluding hydrogens is 568 g/mol. The summed E-state index contributed by atoms with van der Waals surface area (Å²) in [5.41, 5.74) is 10.8. The SMILES string of the molecule is COC(=O)c1c(C(=O)OC)c(C(C)(C)C)c2c(c1C(C)(C)C)Cc1c(c(-c3ccccc3)c3ccccc3c1-c1ccccc1)C2. The van der Waals surface area contributed by atoms with Gasteiger partial charge in [-0.15, -0.1) is 0 Å². The van der Waals surface area contributed by atoms with E-state index >= 15 is 0 Å². The minimum Gasteiger partial charge on any atom is -0.465 e. The number of carbonyl (C=O) groups excluding carboxylic acids is 2. The largest absolute Gasteiger partial charge is 0.465 e. The normalized spacial score (nSPS) is 12.8. The zero-order valence-corrected chi connectivity index (χ0v) is 28.1. The van der Waals surface area contributed by atoms with Crippen LogP contribution in [0.3, 0.4) is 0 Å². The molecule has 1 aliphatic rings. The summed E-state index contributed by atoms with van der Waals surface area (Å²) in [6.45, 7) is 12.6. The van der Waals surface area contributed by atoms with Gasteiger partial charge in [0.2, 0.25) is 0 Å². The van der Waals surface area contributed by atoms with E-state index in [4.69, 9.17) is 9.47 Å². The first-order valence-corrected chi connectivity index (χ1v) is 15.9. The monoisotopic (exact) mass is 610 g/mol. The van der Waals surface area contributed by atoms with E-state index in [1.54, 1.807) is 0 Å². The van der Waals surface area contributed by atoms with Crippen LogP contribution >= 0.6 is 0 Å². The molecule has 0 aliphatic heterocycles. The fourth-order valence-electron chi connectivity index (χ4n) is 7.67. The van der Waals surface area contributed by atoms with E-state index in [0.717, 1.165) is 33.4 Å². The molecule has 0 atom stereocenters. The second-order valence-electron chi connectivity index (χ2n) is 14.3. The van der Waals surface area contributed by atoms with Gasteiger partial charge < -0.3 is 9.47 Å². The van der Waals surface area contributed by atoms with Crippen molar-refractivity contribution >= 4 is 22.7 Å². The quantitative estimate of drug-likeness (QED) is 0.187. The predicted octanol–water partition coefficient (Wildman–Crippen LogP) is 9.84. The minimum atomic E-state index is -0.517. The summed E-state index contributed by atoms with van der Waals surface area (Å²) in [5, 5.41) is 2.39. The topological polar surface area (TPSA) is 52.6 Å². The van der Waals surface area contributed by atoms with Crippen LogP contribution in [0, 0.1) is 0 Å². The van der Waals surface area contributed by atoms with Crippen LogP contribution < -0.4 is 0 Å². The fourth-order valence-corrected chi connectivity index (χ4v) is 7.67. The van der Waals surface area contributed by atoms with E-state index in [-0.39, 0.29) is 0 Å². The molecule has 0 saturated carbocycles. The first kappa shape index (κ1) is 31.3. The maximum absolute atomic E-state index is 13.8. The van der Waals surface area contributed by atoms with E-state index < -0.39 is 22.8 Å². The molecule has 0 unspecified atom stereocenters. The number of hydrogen-bond acceptors (Lipinski definition) is 4. The molecule has 0 spiro atoms. The van der Waals surface area contributed by atoms with Crippen molar-refractivity contribution in [1.29, 1.82) is 0 Å². The van der Waals surface area contributed by atoms with Gasteiger partial charge in [0, 0.05) is 0 Å². The van der Waals surface area contributed by atoms with E-state index in [1.165, 1.54) is 47.2 Å². The van der Waals surface area contributed by atoms with Crippen LogP contribution in [0.25, 0.3) is 33.0 Å². The Bertz CT molecular complexity index is 1840. The first-order valence-electron chi connectivity index (χ1n) is 15.9. The summed E-state index contributed by atoms with van der Waals surface area (Å²) in [4.78, 5) is 27.6. The average Bonchev–Trinajstić information content (AvgIpc) is 3.04. The minimum absolute atomic E-state index is 0.319. The molecule has 0 aromatic heterocycles. The Kier molecular flexibility index (Phi) is 7.88. The van der Waals surface area contributed by atoms with E-state index in [9.17, 15) is 9.59 Å². The summed E-state index contributed by atoms with van der Waals surface area (Å²) >= 11 is 0. The van der Waals surface area contributed by atoms with E-state index in [1.807, 2.05) is 0 Å². The van der Waals surface area contributed by atoms with Crippen LogP contribution in [-0.4, -0.2) is 26.2 Å². The number of rotatable bonds is 4. The average molecular weight is 611 g/mol. The molecule has 0 N–H and O–H groups in total. The van der Waals surface area contributed by atoms with Crippen molar-refractivity contribution in [2.45, 2.75) is 65.2 Å². The molecule has 0 amide bonds. The van der Waals surface area contributed by atoms with Crippen molar-refractivity contribution in [3.05, 3.63) is 129 Å². The Labute approximate surface area is 272 Å². The zero-order chi connectivity index (χ0) is 33.0. The Morgan fingerprint density at radius 3 is 1.13 bits per heavy atom. The van der Waals surface area contributed by atoms with Gasteiger partial charge in [0.05, 0.1) is 25.3 Å². The lowest BCUT2D eigenvalue weighted by Gasteiger charge is -2.38. The molecule has 0 saturated heterocycles. The third-order valence-corrected chi connectivity index (χ3v) is 9.26. The number of fused-ring (bicyclic) bond motifs is 3. The standard InChI is InChI=1S/C42H42O4/c1-41(2,3)37-31-23-29-30(24-32(31)38(42(4,5)6)36(40(44)46-8)35(37)39(43)45-7)34(26-19-13-10-14-20-26)28-22-16-15-21-27(28)33(29)25-17-11-9-12-18-25/h9-22H,23-24H2,1-8H3. The number of methoxy groups -OCH3 is 2. The Morgan fingerprint density at radius 2 is 0.826 bits per heavy atom. The van der Waals surface area contributed by atoms with Gasteiger partial charge >= 0.3 is 11.9 Å². The van der Waals surface area contributed by atoms with Gasteiger partial charge in [0.1, 0.15) is 0 Å². The molecule has 4 heteroatoms. The third-order valence-electron chi connectivity index (χ3n) is 9.26. The van der Waals surface area contributed by atoms with Crippen LogP contribution in [0.15, 0.2) is 84.9 Å². The molecule has 0 heterocycles. The van der Waals surface area contributed by atoms with Gasteiger partial charge in [0.15, 0.2) is 0 Å². The van der Waals surface area contributed by atoms with Crippen LogP contribution in [0.2, 0.25) is 0 Å². The molecule has 6 rings (SSSR count). The summed E-state index contributed by atoms with van der Waals surface area (Å²) in [5.74, 6) is -1.03. The third kappa shape index (κ3) is 5.10. The van der Waals surface area contributed by atoms with Crippen molar-refractivity contribution in [2.75, 3.05) is 14.2 Å². The second kappa shape index (κ2) is 11.6. The van der Waals surface area contributed by atoms with Gasteiger partial charge in [-0.05, 0) is 90.1 Å². The number of carbonyl (C=O) groups is 2. The molecule has 4 nitrogen and oxygen atoms in total. The van der Waals surface area contributed by atoms with Crippen molar-refractivity contribution < 1.29 is 19.1 Å². The number of ether oxygens (including phenoxy) is 2. The highest BCUT2D eigenvalue weighted by Crippen LogP contribution is 2.51. The van der Waals surface area contributed by atoms with Gasteiger partial charge in [-0.1, -0.05) is 126 Å². The number of hydrogen-bond donors (Lipinski definition) is 0. The van der Waals surface area contributed by atoms with Gasteiger partial charge in [-0.25, -0.2) is 9.59 Å². The lowest BCUT2D eigenvalue weighted by Crippen LogP contribution is -2.32. The molecule has 0 bridgehead atoms. The number of benzene rings is 5. The zero-order valence-electron chi connectivity index (χ0n) is 28.1. The predicted molar refractivity (Wildman–Crippen MR) is 187 cm³/mol. The molecule has 0 radical (unpaired) electrons. The molecule has 234 valence electrons. The molecule has 5 aromatic rings. The van der Waals surface area contributed by atoms with Crippen molar-refractivity contribution in [1.82, 2.24) is 0 Å². The molecule has 46 heavy (non-hydrogen) atoms. The Hall–Kier alpha value is -4.70. The van der Waals surface area contributed by atoms with Crippen LogP contribution in [-0.2, 0) is 33.1 Å². The Morgan fingerprint density at radius 1 is 0.500 bits per heavy atom. The van der Waals surface area contributed by atoms with E-state index in [2.05, 4.69) is 126 Å². The summed E-state index contributed by atoms with van der Waals surface area (Å²) < 4.78 is 10.8. The van der Waals surface area contributed by atoms with Crippen molar-refractivity contribution in [3.63, 3.8) is 0 Å². The lowest BCUT2D eigenvalue weighted by molar-refractivity contribution is 0.0550. The van der Waals surface area contributed by atoms with Gasteiger partial charge in [0.25, 0.3) is 0 Å². The molecular formula is C42H42O4. The van der Waals surface area contributed by atoms with Gasteiger partial charge in [-0.3, -0.25) is 0 Å². The number of esters is 2. The van der Waals surface area contributed by atoms with Crippen LogP contribution in [0.4, 0.5) is 0 Å². The maximum atomic E-state index is 13.8. The highest BCUT2D eigenvalue weighted by atomic mass is 16.5. The summed E-state index contributed by atoms with van der Waals surface area (Å²) in [7, 11) is 2.76. The fraction of sp³-hybridized carbons (Fsp3) is 0.286. The smallest absolute Gasteiger partial charge is 0.339 e. The van der Waals surface area contributed by atoms with Crippen molar-refractivity contribution in [2.24, 2.45) is 0 Å². The second-order valence-corrected chi connectivity index (χ2v) is 14.3. The van der Waals surface area contributed by atoms with Crippen LogP contribution in [0.1, 0.15) is 95.6 Å². The highest BCUT2D eigenvalue weighted by Gasteiger charge is 2.41. The lowest BCUT2D eigenvalue weighted by atomic mass is 9.65. The summed E-state index contributed by atoms with van der Waals surface area (Å²) in [6, 6.07) is 29.9. The van der Waals surface area contributed by atoms with E-state index in [0.29, 0.717) is 24.0 Å².